The zero-order valence-electron chi connectivity index (χ0n) is 14.3. The first kappa shape index (κ1) is 18.4. The average Bonchev–Trinajstić information content (AvgIpc) is 2.99. The first-order chi connectivity index (χ1) is 11.4. The van der Waals surface area contributed by atoms with Gasteiger partial charge >= 0.3 is 6.03 Å². The first-order valence-electron chi connectivity index (χ1n) is 7.91. The number of nitrogens with one attached hydrogen (secondary N) is 2. The Kier molecular flexibility index (Phi) is 6.34. The molecule has 1 unspecified atom stereocenters. The number of thioether (sulfide) groups is 1. The van der Waals surface area contributed by atoms with Crippen LogP contribution < -0.4 is 10.6 Å². The molecule has 1 heterocycles. The molecule has 0 aliphatic rings. The summed E-state index contributed by atoms with van der Waals surface area (Å²) in [6.07, 6.45) is 0. The number of amides is 2. The summed E-state index contributed by atoms with van der Waals surface area (Å²) >= 11 is 1.83. The molecule has 0 radical (unpaired) electrons. The maximum absolute atomic E-state index is 12.1. The van der Waals surface area contributed by atoms with Gasteiger partial charge in [-0.25, -0.2) is 4.79 Å². The number of carbonyl (C=O) groups is 1. The number of aryl methyl sites for hydroxylation is 1. The van der Waals surface area contributed by atoms with Crippen LogP contribution in [0.25, 0.3) is 0 Å². The minimum atomic E-state index is -1.26. The molecule has 2 amide bonds. The highest BCUT2D eigenvalue weighted by atomic mass is 32.2. The fourth-order valence-electron chi connectivity index (χ4n) is 2.20. The minimum Gasteiger partial charge on any atom is -0.463 e. The van der Waals surface area contributed by atoms with E-state index in [1.165, 1.54) is 0 Å². The highest BCUT2D eigenvalue weighted by Crippen LogP contribution is 2.22. The van der Waals surface area contributed by atoms with Gasteiger partial charge in [0.2, 0.25) is 0 Å². The second-order valence-electron chi connectivity index (χ2n) is 5.83. The lowest BCUT2D eigenvalue weighted by molar-refractivity contribution is 0.0364. The van der Waals surface area contributed by atoms with Gasteiger partial charge in [-0.15, -0.1) is 0 Å². The van der Waals surface area contributed by atoms with Crippen molar-refractivity contribution in [1.29, 1.82) is 0 Å². The molecule has 0 fully saturated rings. The summed E-state index contributed by atoms with van der Waals surface area (Å²) in [5, 5.41) is 15.9. The van der Waals surface area contributed by atoms with Crippen molar-refractivity contribution < 1.29 is 14.3 Å². The van der Waals surface area contributed by atoms with Crippen LogP contribution in [-0.2, 0) is 11.4 Å². The topological polar surface area (TPSA) is 74.5 Å². The van der Waals surface area contributed by atoms with Crippen LogP contribution in [-0.4, -0.2) is 23.4 Å². The Labute approximate surface area is 146 Å². The van der Waals surface area contributed by atoms with Gasteiger partial charge in [0.1, 0.15) is 17.1 Å². The molecule has 3 N–H and O–H groups in total. The van der Waals surface area contributed by atoms with Crippen molar-refractivity contribution in [2.75, 3.05) is 17.6 Å². The maximum Gasteiger partial charge on any atom is 0.319 e. The third-order valence-electron chi connectivity index (χ3n) is 3.52. The number of rotatable bonds is 7. The second-order valence-corrected chi connectivity index (χ2v) is 7.10. The Morgan fingerprint density at radius 3 is 2.79 bits per heavy atom. The van der Waals surface area contributed by atoms with Gasteiger partial charge in [-0.05, 0) is 49.4 Å². The van der Waals surface area contributed by atoms with Crippen LogP contribution in [0.2, 0.25) is 0 Å². The molecule has 0 aliphatic carbocycles. The van der Waals surface area contributed by atoms with Crippen molar-refractivity contribution in [3.05, 3.63) is 53.5 Å². The van der Waals surface area contributed by atoms with Gasteiger partial charge in [-0.1, -0.05) is 19.1 Å². The summed E-state index contributed by atoms with van der Waals surface area (Å²) in [4.78, 5) is 12.1. The second kappa shape index (κ2) is 8.26. The van der Waals surface area contributed by atoms with E-state index < -0.39 is 5.60 Å². The van der Waals surface area contributed by atoms with Gasteiger partial charge in [-0.2, -0.15) is 11.8 Å². The molecule has 0 spiro atoms. The molecule has 130 valence electrons. The maximum atomic E-state index is 12.1. The molecule has 1 aromatic carbocycles. The Morgan fingerprint density at radius 2 is 2.12 bits per heavy atom. The molecule has 0 saturated heterocycles. The number of urea groups is 1. The predicted octanol–water partition coefficient (Wildman–Crippen LogP) is 3.87. The Balaban J connectivity index is 1.89. The summed E-state index contributed by atoms with van der Waals surface area (Å²) in [5.74, 6) is 3.12. The van der Waals surface area contributed by atoms with Crippen molar-refractivity contribution in [3.63, 3.8) is 0 Å². The predicted molar refractivity (Wildman–Crippen MR) is 98.3 cm³/mol. The smallest absolute Gasteiger partial charge is 0.319 e. The van der Waals surface area contributed by atoms with Crippen LogP contribution in [0.3, 0.4) is 0 Å². The van der Waals surface area contributed by atoms with E-state index in [1.807, 2.05) is 43.0 Å². The van der Waals surface area contributed by atoms with Crippen molar-refractivity contribution in [2.24, 2.45) is 0 Å². The van der Waals surface area contributed by atoms with E-state index >= 15 is 0 Å². The Bertz CT molecular complexity index is 682. The van der Waals surface area contributed by atoms with Crippen molar-refractivity contribution in [3.8, 4) is 0 Å². The lowest BCUT2D eigenvalue weighted by atomic mass is 10.0. The number of carbonyl (C=O) groups excluding carboxylic acids is 1. The SMILES string of the molecule is CCSCc1cccc(NC(=O)NCC(C)(O)c2ccc(C)o2)c1. The van der Waals surface area contributed by atoms with Crippen molar-refractivity contribution >= 4 is 23.5 Å². The average molecular weight is 348 g/mol. The summed E-state index contributed by atoms with van der Waals surface area (Å²) in [7, 11) is 0. The van der Waals surface area contributed by atoms with E-state index in [-0.39, 0.29) is 12.6 Å². The molecule has 1 aromatic heterocycles. The third kappa shape index (κ3) is 5.32. The Morgan fingerprint density at radius 1 is 1.33 bits per heavy atom. The Hall–Kier alpha value is -1.92. The van der Waals surface area contributed by atoms with E-state index in [4.69, 9.17) is 4.42 Å². The molecular weight excluding hydrogens is 324 g/mol. The molecule has 0 bridgehead atoms. The van der Waals surface area contributed by atoms with Gasteiger partial charge < -0.3 is 20.2 Å². The van der Waals surface area contributed by atoms with Crippen LogP contribution in [0.5, 0.6) is 0 Å². The van der Waals surface area contributed by atoms with E-state index in [0.29, 0.717) is 5.76 Å². The highest BCUT2D eigenvalue weighted by Gasteiger charge is 2.27. The number of hydrogen-bond donors (Lipinski definition) is 3. The molecule has 0 saturated carbocycles. The van der Waals surface area contributed by atoms with E-state index in [9.17, 15) is 9.90 Å². The minimum absolute atomic E-state index is 0.0527. The van der Waals surface area contributed by atoms with Crippen LogP contribution in [0, 0.1) is 6.92 Å². The molecule has 2 aromatic rings. The largest absolute Gasteiger partial charge is 0.463 e. The van der Waals surface area contributed by atoms with E-state index in [1.54, 1.807) is 19.1 Å². The highest BCUT2D eigenvalue weighted by molar-refractivity contribution is 7.98. The number of hydrogen-bond acceptors (Lipinski definition) is 4. The molecule has 5 nitrogen and oxygen atoms in total. The number of aliphatic hydroxyl groups is 1. The van der Waals surface area contributed by atoms with Gasteiger partial charge in [-0.3, -0.25) is 0 Å². The first-order valence-corrected chi connectivity index (χ1v) is 9.07. The summed E-state index contributed by atoms with van der Waals surface area (Å²) < 4.78 is 5.43. The summed E-state index contributed by atoms with van der Waals surface area (Å²) in [5.41, 5.74) is 0.637. The normalized spacial score (nSPS) is 13.3. The van der Waals surface area contributed by atoms with E-state index in [2.05, 4.69) is 17.6 Å². The zero-order valence-corrected chi connectivity index (χ0v) is 15.1. The van der Waals surface area contributed by atoms with Gasteiger partial charge in [0.15, 0.2) is 0 Å². The third-order valence-corrected chi connectivity index (χ3v) is 4.47. The van der Waals surface area contributed by atoms with E-state index in [0.717, 1.165) is 28.5 Å². The van der Waals surface area contributed by atoms with Crippen LogP contribution >= 0.6 is 11.8 Å². The van der Waals surface area contributed by atoms with Crippen molar-refractivity contribution in [2.45, 2.75) is 32.1 Å². The fraction of sp³-hybridized carbons (Fsp3) is 0.389. The van der Waals surface area contributed by atoms with Crippen molar-refractivity contribution in [1.82, 2.24) is 5.32 Å². The fourth-order valence-corrected chi connectivity index (χ4v) is 2.82. The van der Waals surface area contributed by atoms with Gasteiger partial charge in [0.05, 0.1) is 6.54 Å². The quantitative estimate of drug-likeness (QED) is 0.710. The molecule has 6 heteroatoms. The van der Waals surface area contributed by atoms with Crippen LogP contribution in [0.1, 0.15) is 30.9 Å². The number of furan rings is 1. The zero-order chi connectivity index (χ0) is 17.6. The lowest BCUT2D eigenvalue weighted by Crippen LogP contribution is -2.40. The number of benzene rings is 1. The molecule has 1 atom stereocenters. The van der Waals surface area contributed by atoms with Crippen LogP contribution in [0.15, 0.2) is 40.8 Å². The standard InChI is InChI=1S/C18H24N2O3S/c1-4-24-11-14-6-5-7-15(10-14)20-17(21)19-12-18(3,22)16-9-8-13(2)23-16/h5-10,22H,4,11-12H2,1-3H3,(H2,19,20,21). The van der Waals surface area contributed by atoms with Crippen LogP contribution in [0.4, 0.5) is 10.5 Å². The monoisotopic (exact) mass is 348 g/mol. The molecule has 0 aliphatic heterocycles. The molecule has 2 rings (SSSR count). The van der Waals surface area contributed by atoms with Gasteiger partial charge in [0, 0.05) is 11.4 Å². The van der Waals surface area contributed by atoms with Gasteiger partial charge in [0.25, 0.3) is 0 Å². The summed E-state index contributed by atoms with van der Waals surface area (Å²) in [6, 6.07) is 10.9. The molecule has 24 heavy (non-hydrogen) atoms. The number of anilines is 1. The lowest BCUT2D eigenvalue weighted by Gasteiger charge is -2.21. The molecular formula is C18H24N2O3S. The summed E-state index contributed by atoms with van der Waals surface area (Å²) in [6.45, 7) is 5.58.